The lowest BCUT2D eigenvalue weighted by Crippen LogP contribution is -1.83. The van der Waals surface area contributed by atoms with Crippen molar-refractivity contribution in [3.63, 3.8) is 0 Å². The van der Waals surface area contributed by atoms with Crippen molar-refractivity contribution < 1.29 is 0 Å². The SMILES string of the molecule is N#C/C(=C\c1cncs1)c1nc2ccccc2[nH]1. The molecule has 2 heterocycles. The highest BCUT2D eigenvalue weighted by atomic mass is 32.1. The topological polar surface area (TPSA) is 65.4 Å². The molecular formula is C13H8N4S. The Morgan fingerprint density at radius 3 is 3.00 bits per heavy atom. The molecule has 0 spiro atoms. The molecule has 18 heavy (non-hydrogen) atoms. The van der Waals surface area contributed by atoms with Crippen molar-refractivity contribution in [2.45, 2.75) is 0 Å². The molecule has 0 saturated heterocycles. The maximum absolute atomic E-state index is 9.21. The number of H-pyrrole nitrogens is 1. The molecule has 0 aliphatic rings. The smallest absolute Gasteiger partial charge is 0.149 e. The number of allylic oxidation sites excluding steroid dienone is 1. The van der Waals surface area contributed by atoms with Crippen LogP contribution in [0.4, 0.5) is 0 Å². The van der Waals surface area contributed by atoms with E-state index in [0.29, 0.717) is 11.4 Å². The van der Waals surface area contributed by atoms with Crippen LogP contribution in [0.1, 0.15) is 10.7 Å². The third-order valence-electron chi connectivity index (χ3n) is 2.50. The van der Waals surface area contributed by atoms with Gasteiger partial charge in [0.1, 0.15) is 11.9 Å². The van der Waals surface area contributed by atoms with Crippen LogP contribution < -0.4 is 0 Å². The first-order valence-corrected chi connectivity index (χ1v) is 6.20. The van der Waals surface area contributed by atoms with Gasteiger partial charge in [-0.2, -0.15) is 5.26 Å². The third-order valence-corrected chi connectivity index (χ3v) is 3.23. The van der Waals surface area contributed by atoms with E-state index in [1.54, 1.807) is 17.8 Å². The highest BCUT2D eigenvalue weighted by Gasteiger charge is 2.07. The Kier molecular flexibility index (Phi) is 2.63. The molecule has 1 N–H and O–H groups in total. The van der Waals surface area contributed by atoms with Gasteiger partial charge in [-0.3, -0.25) is 4.98 Å². The van der Waals surface area contributed by atoms with Crippen molar-refractivity contribution in [2.75, 3.05) is 0 Å². The fourth-order valence-electron chi connectivity index (χ4n) is 1.67. The summed E-state index contributed by atoms with van der Waals surface area (Å²) >= 11 is 1.49. The summed E-state index contributed by atoms with van der Waals surface area (Å²) in [5, 5.41) is 9.21. The third kappa shape index (κ3) is 1.90. The highest BCUT2D eigenvalue weighted by Crippen LogP contribution is 2.20. The minimum absolute atomic E-state index is 0.510. The zero-order valence-corrected chi connectivity index (χ0v) is 10.1. The fraction of sp³-hybridized carbons (Fsp3) is 0. The molecule has 2 aromatic heterocycles. The second kappa shape index (κ2) is 4.43. The molecule has 0 fully saturated rings. The van der Waals surface area contributed by atoms with Crippen LogP contribution in [0.3, 0.4) is 0 Å². The molecule has 0 saturated carbocycles. The van der Waals surface area contributed by atoms with E-state index in [-0.39, 0.29) is 0 Å². The van der Waals surface area contributed by atoms with Crippen molar-refractivity contribution in [1.82, 2.24) is 15.0 Å². The van der Waals surface area contributed by atoms with Crippen molar-refractivity contribution >= 4 is 34.0 Å². The Morgan fingerprint density at radius 1 is 1.39 bits per heavy atom. The van der Waals surface area contributed by atoms with Crippen LogP contribution in [0.25, 0.3) is 22.7 Å². The minimum Gasteiger partial charge on any atom is -0.337 e. The predicted octanol–water partition coefficient (Wildman–Crippen LogP) is 3.08. The summed E-state index contributed by atoms with van der Waals surface area (Å²) in [7, 11) is 0. The van der Waals surface area contributed by atoms with Crippen LogP contribution in [0.5, 0.6) is 0 Å². The summed E-state index contributed by atoms with van der Waals surface area (Å²) < 4.78 is 0. The molecule has 4 nitrogen and oxygen atoms in total. The number of benzene rings is 1. The number of nitrogens with one attached hydrogen (secondary N) is 1. The lowest BCUT2D eigenvalue weighted by atomic mass is 10.2. The number of imidazole rings is 1. The number of aromatic nitrogens is 3. The fourth-order valence-corrected chi connectivity index (χ4v) is 2.22. The molecule has 3 aromatic rings. The molecule has 3 rings (SSSR count). The van der Waals surface area contributed by atoms with E-state index in [4.69, 9.17) is 0 Å². The normalized spacial score (nSPS) is 11.6. The Hall–Kier alpha value is -2.45. The first kappa shape index (κ1) is 10.7. The van der Waals surface area contributed by atoms with E-state index in [1.807, 2.05) is 24.3 Å². The van der Waals surface area contributed by atoms with E-state index in [0.717, 1.165) is 15.9 Å². The number of aromatic amines is 1. The van der Waals surface area contributed by atoms with Crippen LogP contribution in [0.15, 0.2) is 36.0 Å². The summed E-state index contributed by atoms with van der Waals surface area (Å²) in [4.78, 5) is 12.5. The summed E-state index contributed by atoms with van der Waals surface area (Å²) in [6.45, 7) is 0. The van der Waals surface area contributed by atoms with E-state index in [2.05, 4.69) is 21.0 Å². The summed E-state index contributed by atoms with van der Waals surface area (Å²) in [6, 6.07) is 9.87. The van der Waals surface area contributed by atoms with Gasteiger partial charge in [0.25, 0.3) is 0 Å². The molecule has 0 aliphatic carbocycles. The standard InChI is InChI=1S/C13H8N4S/c14-6-9(5-10-7-15-8-18-10)13-16-11-3-1-2-4-12(11)17-13/h1-5,7-8H,(H,16,17)/b9-5+. The largest absolute Gasteiger partial charge is 0.337 e. The Morgan fingerprint density at radius 2 is 2.28 bits per heavy atom. The Bertz CT molecular complexity index is 714. The Labute approximate surface area is 107 Å². The van der Waals surface area contributed by atoms with Gasteiger partial charge >= 0.3 is 0 Å². The van der Waals surface area contributed by atoms with Crippen LogP contribution >= 0.6 is 11.3 Å². The monoisotopic (exact) mass is 252 g/mol. The zero-order chi connectivity index (χ0) is 12.4. The molecular weight excluding hydrogens is 244 g/mol. The van der Waals surface area contributed by atoms with Crippen molar-refractivity contribution in [1.29, 1.82) is 5.26 Å². The second-order valence-electron chi connectivity index (χ2n) is 3.68. The minimum atomic E-state index is 0.510. The van der Waals surface area contributed by atoms with Gasteiger partial charge in [0, 0.05) is 11.1 Å². The highest BCUT2D eigenvalue weighted by molar-refractivity contribution is 7.10. The quantitative estimate of drug-likeness (QED) is 0.713. The number of para-hydroxylation sites is 2. The molecule has 0 bridgehead atoms. The van der Waals surface area contributed by atoms with Gasteiger partial charge in [0.15, 0.2) is 0 Å². The molecule has 86 valence electrons. The van der Waals surface area contributed by atoms with Gasteiger partial charge in [-0.25, -0.2) is 4.98 Å². The summed E-state index contributed by atoms with van der Waals surface area (Å²) in [5.41, 5.74) is 4.03. The van der Waals surface area contributed by atoms with Gasteiger partial charge < -0.3 is 4.98 Å². The van der Waals surface area contributed by atoms with Crippen molar-refractivity contribution in [3.8, 4) is 6.07 Å². The lowest BCUT2D eigenvalue weighted by molar-refractivity contribution is 1.27. The molecule has 0 unspecified atom stereocenters. The number of nitrogens with zero attached hydrogens (tertiary/aromatic N) is 3. The van der Waals surface area contributed by atoms with E-state index in [9.17, 15) is 5.26 Å². The molecule has 5 heteroatoms. The average Bonchev–Trinajstić information content (AvgIpc) is 3.04. The van der Waals surface area contributed by atoms with Crippen LogP contribution in [0, 0.1) is 11.3 Å². The number of hydrogen-bond donors (Lipinski definition) is 1. The zero-order valence-electron chi connectivity index (χ0n) is 9.29. The Balaban J connectivity index is 2.09. The number of fused-ring (bicyclic) bond motifs is 1. The maximum atomic E-state index is 9.21. The van der Waals surface area contributed by atoms with Crippen molar-refractivity contribution in [3.05, 3.63) is 46.7 Å². The van der Waals surface area contributed by atoms with E-state index in [1.165, 1.54) is 11.3 Å². The number of hydrogen-bond acceptors (Lipinski definition) is 4. The van der Waals surface area contributed by atoms with Gasteiger partial charge in [-0.05, 0) is 18.2 Å². The average molecular weight is 252 g/mol. The lowest BCUT2D eigenvalue weighted by Gasteiger charge is -1.90. The summed E-state index contributed by atoms with van der Waals surface area (Å²) in [6.07, 6.45) is 3.51. The van der Waals surface area contributed by atoms with Gasteiger partial charge in [-0.15, -0.1) is 11.3 Å². The van der Waals surface area contributed by atoms with Crippen molar-refractivity contribution in [2.24, 2.45) is 0 Å². The first-order valence-electron chi connectivity index (χ1n) is 5.32. The van der Waals surface area contributed by atoms with Crippen LogP contribution in [-0.4, -0.2) is 15.0 Å². The van der Waals surface area contributed by atoms with E-state index >= 15 is 0 Å². The van der Waals surface area contributed by atoms with E-state index < -0.39 is 0 Å². The second-order valence-corrected chi connectivity index (χ2v) is 4.59. The number of nitriles is 1. The maximum Gasteiger partial charge on any atom is 0.149 e. The molecule has 0 radical (unpaired) electrons. The van der Waals surface area contributed by atoms with Gasteiger partial charge in [0.2, 0.25) is 0 Å². The number of thiazole rings is 1. The van der Waals surface area contributed by atoms with Crippen LogP contribution in [-0.2, 0) is 0 Å². The predicted molar refractivity (Wildman–Crippen MR) is 71.7 cm³/mol. The van der Waals surface area contributed by atoms with Gasteiger partial charge in [-0.1, -0.05) is 12.1 Å². The number of rotatable bonds is 2. The summed E-state index contributed by atoms with van der Waals surface area (Å²) in [5.74, 6) is 0.590. The molecule has 0 atom stereocenters. The molecule has 1 aromatic carbocycles. The molecule has 0 aliphatic heterocycles. The first-order chi connectivity index (χ1) is 8.86. The molecule has 0 amide bonds. The van der Waals surface area contributed by atoms with Crippen LogP contribution in [0.2, 0.25) is 0 Å². The van der Waals surface area contributed by atoms with Gasteiger partial charge in [0.05, 0.1) is 22.1 Å².